The van der Waals surface area contributed by atoms with E-state index in [1.807, 2.05) is 0 Å². The first-order valence-corrected chi connectivity index (χ1v) is 19.8. The SMILES string of the molecule is C[Si](C)(c1ccc(-c2c3ccccc3c(-c3ccccc3)c3ccccc23)cc1)c1ccc2c(c1)c1ccccc1n2-c1ccccc1. The molecule has 0 aliphatic heterocycles. The average Bonchev–Trinajstić information content (AvgIpc) is 3.48. The molecule has 9 rings (SSSR count). The zero-order chi connectivity index (χ0) is 32.2. The van der Waals surface area contributed by atoms with Crippen LogP contribution in [0.25, 0.3) is 71.3 Å². The number of nitrogens with zero attached hydrogens (tertiary/aromatic N) is 1. The molecule has 1 heterocycles. The predicted molar refractivity (Wildman–Crippen MR) is 210 cm³/mol. The molecule has 0 radical (unpaired) electrons. The number of hydrogen-bond donors (Lipinski definition) is 0. The van der Waals surface area contributed by atoms with Crippen LogP contribution in [0.3, 0.4) is 0 Å². The number of fused-ring (bicyclic) bond motifs is 5. The van der Waals surface area contributed by atoms with Crippen LogP contribution in [0.4, 0.5) is 0 Å². The second-order valence-corrected chi connectivity index (χ2v) is 17.7. The summed E-state index contributed by atoms with van der Waals surface area (Å²) in [5, 5.41) is 10.7. The van der Waals surface area contributed by atoms with Crippen molar-refractivity contribution < 1.29 is 0 Å². The lowest BCUT2D eigenvalue weighted by molar-refractivity contribution is 1.18. The van der Waals surface area contributed by atoms with Crippen LogP contribution < -0.4 is 10.4 Å². The summed E-state index contributed by atoms with van der Waals surface area (Å²) < 4.78 is 2.40. The predicted octanol–water partition coefficient (Wildman–Crippen LogP) is 11.2. The molecule has 1 nitrogen and oxygen atoms in total. The first-order valence-electron chi connectivity index (χ1n) is 16.8. The molecule has 2 heteroatoms. The van der Waals surface area contributed by atoms with E-state index in [0.29, 0.717) is 0 Å². The summed E-state index contributed by atoms with van der Waals surface area (Å²) in [5.41, 5.74) is 8.82. The van der Waals surface area contributed by atoms with Gasteiger partial charge in [0, 0.05) is 16.5 Å². The minimum absolute atomic E-state index is 1.19. The summed E-state index contributed by atoms with van der Waals surface area (Å²) in [6.07, 6.45) is 0. The molecule has 0 N–H and O–H groups in total. The first kappa shape index (κ1) is 28.5. The highest BCUT2D eigenvalue weighted by atomic mass is 28.3. The zero-order valence-electron chi connectivity index (χ0n) is 27.2. The van der Waals surface area contributed by atoms with Gasteiger partial charge in [0.2, 0.25) is 0 Å². The van der Waals surface area contributed by atoms with Crippen molar-refractivity contribution in [3.8, 4) is 27.9 Å². The molecule has 8 aromatic carbocycles. The fraction of sp³-hybridized carbons (Fsp3) is 0.0435. The van der Waals surface area contributed by atoms with E-state index in [1.165, 1.54) is 81.7 Å². The van der Waals surface area contributed by atoms with Gasteiger partial charge >= 0.3 is 0 Å². The molecule has 0 amide bonds. The molecule has 0 atom stereocenters. The summed E-state index contributed by atoms with van der Waals surface area (Å²) >= 11 is 0. The monoisotopic (exact) mass is 629 g/mol. The van der Waals surface area contributed by atoms with Crippen molar-refractivity contribution >= 4 is 61.8 Å². The third-order valence-electron chi connectivity index (χ3n) is 10.3. The molecule has 0 saturated carbocycles. The summed E-state index contributed by atoms with van der Waals surface area (Å²) in [4.78, 5) is 0. The molecular formula is C46H35NSi. The number of rotatable bonds is 5. The van der Waals surface area contributed by atoms with Crippen LogP contribution in [0.15, 0.2) is 176 Å². The summed E-state index contributed by atoms with van der Waals surface area (Å²) in [7, 11) is -2.02. The second-order valence-electron chi connectivity index (χ2n) is 13.3. The van der Waals surface area contributed by atoms with Crippen LogP contribution in [-0.4, -0.2) is 12.6 Å². The van der Waals surface area contributed by atoms with Crippen molar-refractivity contribution in [1.82, 2.24) is 4.57 Å². The van der Waals surface area contributed by atoms with E-state index < -0.39 is 8.07 Å². The molecule has 48 heavy (non-hydrogen) atoms. The Morgan fingerprint density at radius 1 is 0.354 bits per heavy atom. The number of hydrogen-bond acceptors (Lipinski definition) is 0. The third-order valence-corrected chi connectivity index (χ3v) is 13.8. The molecule has 0 unspecified atom stereocenters. The van der Waals surface area contributed by atoms with Gasteiger partial charge < -0.3 is 4.57 Å². The highest BCUT2D eigenvalue weighted by Crippen LogP contribution is 2.43. The molecule has 0 aliphatic rings. The van der Waals surface area contributed by atoms with E-state index in [0.717, 1.165) is 0 Å². The van der Waals surface area contributed by atoms with Gasteiger partial charge in [-0.2, -0.15) is 0 Å². The van der Waals surface area contributed by atoms with Gasteiger partial charge in [-0.1, -0.05) is 175 Å². The molecule has 0 aliphatic carbocycles. The number of para-hydroxylation sites is 2. The standard InChI is InChI=1S/C46H35NSi/c1-48(2,36-29-30-44-42(31-36)37-19-13-14-24-43(37)47(44)34-17-7-4-8-18-34)35-27-25-33(26-28-35)46-40-22-11-9-20-38(40)45(32-15-5-3-6-16-32)39-21-10-12-23-41(39)46/h3-31H,1-2H3. The summed E-state index contributed by atoms with van der Waals surface area (Å²) in [6.45, 7) is 4.97. The van der Waals surface area contributed by atoms with E-state index in [4.69, 9.17) is 0 Å². The average molecular weight is 630 g/mol. The molecule has 0 fully saturated rings. The van der Waals surface area contributed by atoms with E-state index in [2.05, 4.69) is 194 Å². The Balaban J connectivity index is 1.17. The van der Waals surface area contributed by atoms with Gasteiger partial charge in [-0.15, -0.1) is 0 Å². The molecule has 1 aromatic heterocycles. The van der Waals surface area contributed by atoms with Crippen molar-refractivity contribution in [1.29, 1.82) is 0 Å². The van der Waals surface area contributed by atoms with E-state index in [9.17, 15) is 0 Å². The maximum Gasteiger partial charge on any atom is 0.112 e. The van der Waals surface area contributed by atoms with Crippen LogP contribution in [0.5, 0.6) is 0 Å². The zero-order valence-corrected chi connectivity index (χ0v) is 28.2. The number of aromatic nitrogens is 1. The van der Waals surface area contributed by atoms with Gasteiger partial charge in [0.25, 0.3) is 0 Å². The van der Waals surface area contributed by atoms with Crippen molar-refractivity contribution in [2.45, 2.75) is 13.1 Å². The normalized spacial score (nSPS) is 12.0. The fourth-order valence-corrected chi connectivity index (χ4v) is 10.1. The highest BCUT2D eigenvalue weighted by molar-refractivity contribution is 7.00. The molecule has 228 valence electrons. The van der Waals surface area contributed by atoms with Gasteiger partial charge in [-0.05, 0) is 68.1 Å². The Labute approximate surface area is 282 Å². The van der Waals surface area contributed by atoms with Crippen molar-refractivity contribution in [2.24, 2.45) is 0 Å². The summed E-state index contributed by atoms with van der Waals surface area (Å²) in [6, 6.07) is 64.9. The minimum atomic E-state index is -2.02. The van der Waals surface area contributed by atoms with Gasteiger partial charge in [0.1, 0.15) is 8.07 Å². The van der Waals surface area contributed by atoms with Crippen molar-refractivity contribution in [3.63, 3.8) is 0 Å². The minimum Gasteiger partial charge on any atom is -0.309 e. The lowest BCUT2D eigenvalue weighted by Crippen LogP contribution is -2.52. The molecule has 9 aromatic rings. The largest absolute Gasteiger partial charge is 0.309 e. The quantitative estimate of drug-likeness (QED) is 0.132. The van der Waals surface area contributed by atoms with Crippen LogP contribution in [0.1, 0.15) is 0 Å². The number of benzene rings is 8. The third kappa shape index (κ3) is 4.45. The van der Waals surface area contributed by atoms with Gasteiger partial charge in [-0.3, -0.25) is 0 Å². The van der Waals surface area contributed by atoms with Crippen molar-refractivity contribution in [2.75, 3.05) is 0 Å². The second kappa shape index (κ2) is 11.2. The highest BCUT2D eigenvalue weighted by Gasteiger charge is 2.27. The van der Waals surface area contributed by atoms with Crippen molar-refractivity contribution in [3.05, 3.63) is 176 Å². The van der Waals surface area contributed by atoms with E-state index in [-0.39, 0.29) is 0 Å². The van der Waals surface area contributed by atoms with Gasteiger partial charge in [0.05, 0.1) is 11.0 Å². The molecule has 0 spiro atoms. The smallest absolute Gasteiger partial charge is 0.112 e. The van der Waals surface area contributed by atoms with E-state index >= 15 is 0 Å². The fourth-order valence-electron chi connectivity index (χ4n) is 7.79. The maximum absolute atomic E-state index is 2.49. The van der Waals surface area contributed by atoms with Gasteiger partial charge in [0.15, 0.2) is 0 Å². The Kier molecular flexibility index (Phi) is 6.67. The molecular weight excluding hydrogens is 595 g/mol. The van der Waals surface area contributed by atoms with Crippen LogP contribution in [0, 0.1) is 0 Å². The Morgan fingerprint density at radius 3 is 1.38 bits per heavy atom. The maximum atomic E-state index is 2.49. The topological polar surface area (TPSA) is 4.93 Å². The van der Waals surface area contributed by atoms with Crippen LogP contribution in [-0.2, 0) is 0 Å². The molecule has 0 bridgehead atoms. The Bertz CT molecular complexity index is 2560. The summed E-state index contributed by atoms with van der Waals surface area (Å²) in [5.74, 6) is 0. The lowest BCUT2D eigenvalue weighted by Gasteiger charge is -2.25. The Morgan fingerprint density at radius 2 is 0.792 bits per heavy atom. The van der Waals surface area contributed by atoms with Crippen LogP contribution in [0.2, 0.25) is 13.1 Å². The Hall–Kier alpha value is -5.70. The van der Waals surface area contributed by atoms with Gasteiger partial charge in [-0.25, -0.2) is 0 Å². The lowest BCUT2D eigenvalue weighted by atomic mass is 9.86. The van der Waals surface area contributed by atoms with Crippen LogP contribution >= 0.6 is 0 Å². The first-order chi connectivity index (χ1) is 23.6. The van der Waals surface area contributed by atoms with E-state index in [1.54, 1.807) is 0 Å². The molecule has 0 saturated heterocycles.